The molecule has 0 amide bonds. The molecular weight excluding hydrogens is 853 g/mol. The summed E-state index contributed by atoms with van der Waals surface area (Å²) in [6.45, 7) is 0.160. The molecule has 0 aliphatic heterocycles. The zero-order chi connectivity index (χ0) is 42.3. The summed E-state index contributed by atoms with van der Waals surface area (Å²) in [5.41, 5.74) is 8.74. The molecule has 271 valence electrons. The van der Waals surface area contributed by atoms with Gasteiger partial charge in [-0.1, -0.05) is 110 Å². The Labute approximate surface area is 347 Å². The van der Waals surface area contributed by atoms with Gasteiger partial charge in [0.15, 0.2) is 0 Å². The monoisotopic (exact) mass is 904 g/mol. The van der Waals surface area contributed by atoms with Crippen molar-refractivity contribution in [3.05, 3.63) is 169 Å². The summed E-state index contributed by atoms with van der Waals surface area (Å²) in [6.07, 6.45) is 6.63. The normalized spacial score (nSPS) is 16.9. The Bertz CT molecular complexity index is 2750. The van der Waals surface area contributed by atoms with E-state index in [4.69, 9.17) is 13.2 Å². The maximum Gasteiger partial charge on any atom is 0.0352 e. The van der Waals surface area contributed by atoms with Crippen LogP contribution in [-0.2, 0) is 20.1 Å². The molecule has 9 rings (SSSR count). The average Bonchev–Trinajstić information content (AvgIpc) is 3.64. The van der Waals surface area contributed by atoms with Crippen molar-refractivity contribution in [1.29, 1.82) is 0 Å². The van der Waals surface area contributed by atoms with E-state index in [1.165, 1.54) is 33.6 Å². The molecule has 1 aliphatic rings. The third kappa shape index (κ3) is 8.03. The average molecular weight is 904 g/mol. The predicted octanol–water partition coefficient (Wildman–Crippen LogP) is 14.1. The molecule has 0 bridgehead atoms. The van der Waals surface area contributed by atoms with E-state index in [-0.39, 0.29) is 36.6 Å². The molecule has 8 aromatic rings. The van der Waals surface area contributed by atoms with Gasteiger partial charge in [-0.05, 0) is 111 Å². The Morgan fingerprint density at radius 3 is 2.17 bits per heavy atom. The molecule has 0 unspecified atom stereocenters. The van der Waals surface area contributed by atoms with Crippen LogP contribution in [0.25, 0.3) is 64.9 Å². The molecule has 4 heteroatoms. The molecular formula is C50H44IrN2S-2. The number of fused-ring (bicyclic) bond motifs is 3. The fourth-order valence-corrected chi connectivity index (χ4v) is 8.48. The van der Waals surface area contributed by atoms with Gasteiger partial charge in [0.05, 0.1) is 0 Å². The fraction of sp³-hybridized carbons (Fsp3) is 0.200. The van der Waals surface area contributed by atoms with Gasteiger partial charge in [-0.25, -0.2) is 0 Å². The maximum atomic E-state index is 9.19. The van der Waals surface area contributed by atoms with Crippen molar-refractivity contribution in [3.63, 3.8) is 0 Å². The zero-order valence-corrected chi connectivity index (χ0v) is 33.5. The third-order valence-electron chi connectivity index (χ3n) is 10.3. The van der Waals surface area contributed by atoms with Crippen molar-refractivity contribution in [2.45, 2.75) is 59.1 Å². The molecule has 2 nitrogen and oxygen atoms in total. The third-order valence-corrected chi connectivity index (χ3v) is 11.5. The van der Waals surface area contributed by atoms with Crippen molar-refractivity contribution in [3.8, 4) is 44.8 Å². The Morgan fingerprint density at radius 1 is 0.685 bits per heavy atom. The molecule has 1 saturated carbocycles. The number of hydrogen-bond acceptors (Lipinski definition) is 3. The minimum absolute atomic E-state index is 0. The number of rotatable bonds is 5. The first-order valence-corrected chi connectivity index (χ1v) is 18.9. The number of thiophene rings is 1. The molecule has 0 N–H and O–H groups in total. The number of benzene rings is 5. The summed E-state index contributed by atoms with van der Waals surface area (Å²) in [5.74, 6) is -0.602. The van der Waals surface area contributed by atoms with Gasteiger partial charge in [-0.15, -0.1) is 59.7 Å². The molecule has 5 aromatic carbocycles. The Balaban J connectivity index is 0.000000278. The summed E-state index contributed by atoms with van der Waals surface area (Å²) >= 11 is 1.73. The van der Waals surface area contributed by atoms with Crippen LogP contribution in [0.3, 0.4) is 0 Å². The van der Waals surface area contributed by atoms with Crippen LogP contribution in [0.2, 0.25) is 0 Å². The summed E-state index contributed by atoms with van der Waals surface area (Å²) in [5, 5.41) is 2.33. The summed E-state index contributed by atoms with van der Waals surface area (Å²) in [4.78, 5) is 8.83. The van der Waals surface area contributed by atoms with E-state index >= 15 is 0 Å². The van der Waals surface area contributed by atoms with E-state index in [0.29, 0.717) is 11.3 Å². The second-order valence-electron chi connectivity index (χ2n) is 14.4. The van der Waals surface area contributed by atoms with Gasteiger partial charge in [0.2, 0.25) is 0 Å². The van der Waals surface area contributed by atoms with Gasteiger partial charge < -0.3 is 9.97 Å². The van der Waals surface area contributed by atoms with Gasteiger partial charge >= 0.3 is 0 Å². The number of aryl methyl sites for hydroxylation is 2. The van der Waals surface area contributed by atoms with Crippen LogP contribution < -0.4 is 0 Å². The van der Waals surface area contributed by atoms with Crippen molar-refractivity contribution in [2.75, 3.05) is 0 Å². The molecule has 1 radical (unpaired) electrons. The van der Waals surface area contributed by atoms with Crippen molar-refractivity contribution < 1.29 is 29.7 Å². The van der Waals surface area contributed by atoms with E-state index in [9.17, 15) is 1.37 Å². The number of nitrogens with zero attached hydrogens (tertiary/aromatic N) is 2. The standard InChI is InChI=1S/C38H34NS.C12H10N.Ir/c1-25-24-39-35(23-34(25)29-17-15-26(16-18-29)27-19-21-38(2,3)22-20-27)33-14-8-13-32-31-12-7-11-30(36(31)40-37(32)33)28-9-5-4-6-10-28;1-10-7-8-12(13-9-10)11-5-3-2-4-6-11;/h4-13,15-18,23-24,27H,19-22H2,1-3H3;2-5,7-9H,1H3;/q2*-1;/i1D3,27D;1D3;. The summed E-state index contributed by atoms with van der Waals surface area (Å²) < 4.78 is 58.0. The first kappa shape index (κ1) is 29.6. The van der Waals surface area contributed by atoms with Crippen LogP contribution >= 0.6 is 11.3 Å². The van der Waals surface area contributed by atoms with Crippen LogP contribution in [0.15, 0.2) is 140 Å². The Kier molecular flexibility index (Phi) is 8.95. The minimum Gasteiger partial charge on any atom is -0.304 e. The number of aromatic nitrogens is 2. The molecule has 0 atom stereocenters. The molecule has 1 fully saturated rings. The van der Waals surface area contributed by atoms with Gasteiger partial charge in [0, 0.05) is 46.8 Å². The molecule has 3 aromatic heterocycles. The maximum absolute atomic E-state index is 9.19. The Morgan fingerprint density at radius 2 is 1.44 bits per heavy atom. The molecule has 54 heavy (non-hydrogen) atoms. The second-order valence-corrected chi connectivity index (χ2v) is 15.4. The second kappa shape index (κ2) is 16.3. The van der Waals surface area contributed by atoms with Gasteiger partial charge in [-0.2, -0.15) is 11.3 Å². The van der Waals surface area contributed by atoms with Crippen LogP contribution in [0, 0.1) is 31.3 Å². The molecule has 0 saturated heterocycles. The van der Waals surface area contributed by atoms with Crippen molar-refractivity contribution in [2.24, 2.45) is 5.41 Å². The summed E-state index contributed by atoms with van der Waals surface area (Å²) in [7, 11) is 0. The van der Waals surface area contributed by atoms with Crippen LogP contribution in [-0.4, -0.2) is 9.97 Å². The number of hydrogen-bond donors (Lipinski definition) is 0. The first-order valence-electron chi connectivity index (χ1n) is 21.6. The fourth-order valence-electron chi connectivity index (χ4n) is 7.14. The van der Waals surface area contributed by atoms with Crippen LogP contribution in [0.4, 0.5) is 0 Å². The van der Waals surface area contributed by atoms with Crippen molar-refractivity contribution >= 4 is 31.5 Å². The van der Waals surface area contributed by atoms with E-state index < -0.39 is 19.6 Å². The van der Waals surface area contributed by atoms with E-state index in [2.05, 4.69) is 79.5 Å². The predicted molar refractivity (Wildman–Crippen MR) is 225 cm³/mol. The number of pyridine rings is 2. The zero-order valence-electron chi connectivity index (χ0n) is 37.2. The topological polar surface area (TPSA) is 25.8 Å². The van der Waals surface area contributed by atoms with Crippen LogP contribution in [0.5, 0.6) is 0 Å². The largest absolute Gasteiger partial charge is 0.304 e. The first-order chi connectivity index (χ1) is 28.6. The molecule has 3 heterocycles. The van der Waals surface area contributed by atoms with Gasteiger partial charge in [0.25, 0.3) is 0 Å². The smallest absolute Gasteiger partial charge is 0.0352 e. The van der Waals surface area contributed by atoms with E-state index in [1.807, 2.05) is 60.7 Å². The van der Waals surface area contributed by atoms with Gasteiger partial charge in [0.1, 0.15) is 0 Å². The quantitative estimate of drug-likeness (QED) is 0.161. The van der Waals surface area contributed by atoms with E-state index in [1.54, 1.807) is 29.5 Å². The Hall–Kier alpha value is -4.73. The minimum atomic E-state index is -2.32. The van der Waals surface area contributed by atoms with Crippen molar-refractivity contribution in [1.82, 2.24) is 9.97 Å². The molecule has 1 aliphatic carbocycles. The SMILES string of the molecule is [2H]C([2H])([2H])c1ccc(-c2[c-]cccc2)nc1.[2H]C([2H])([2H])c1cnc(-c2[c-]ccc3c2sc2c(-c4ccccc4)cccc23)cc1-c1ccc(C2([2H])CCC(C)(C)CC2)cc1.[Ir]. The van der Waals surface area contributed by atoms with Gasteiger partial charge in [-0.3, -0.25) is 0 Å². The van der Waals surface area contributed by atoms with E-state index in [0.717, 1.165) is 63.7 Å². The summed E-state index contributed by atoms with van der Waals surface area (Å²) in [6, 6.07) is 48.0. The van der Waals surface area contributed by atoms with Crippen LogP contribution in [0.1, 0.15) is 71.7 Å². The molecule has 0 spiro atoms.